The molecule has 0 saturated heterocycles. The van der Waals surface area contributed by atoms with Crippen LogP contribution in [0.5, 0.6) is 0 Å². The van der Waals surface area contributed by atoms with Crippen molar-refractivity contribution in [2.24, 2.45) is 0 Å². The first-order chi connectivity index (χ1) is 8.11. The van der Waals surface area contributed by atoms with Gasteiger partial charge in [-0.25, -0.2) is 0 Å². The van der Waals surface area contributed by atoms with Crippen LogP contribution in [0, 0.1) is 0 Å². The molecule has 97 valence electrons. The Balaban J connectivity index is 6.00. The van der Waals surface area contributed by atoms with Gasteiger partial charge in [-0.05, 0) is 0 Å². The van der Waals surface area contributed by atoms with Crippen LogP contribution in [0.25, 0.3) is 0 Å². The van der Waals surface area contributed by atoms with E-state index in [1.54, 1.807) is 0 Å². The molecule has 0 aliphatic rings. The third kappa shape index (κ3) is 3.98. The van der Waals surface area contributed by atoms with E-state index in [0.29, 0.717) is 0 Å². The second kappa shape index (κ2) is 6.73. The summed E-state index contributed by atoms with van der Waals surface area (Å²) in [4.78, 5) is 0. The predicted octanol–water partition coefficient (Wildman–Crippen LogP) is 4.93. The molecule has 0 bridgehead atoms. The summed E-state index contributed by atoms with van der Waals surface area (Å²) in [5, 5.41) is 0. The fraction of sp³-hybridized carbons (Fsp3) is 0.471. The summed E-state index contributed by atoms with van der Waals surface area (Å²) in [7, 11) is 5.98. The zero-order valence-corrected chi connectivity index (χ0v) is 13.3. The predicted molar refractivity (Wildman–Crippen MR) is 86.4 cm³/mol. The van der Waals surface area contributed by atoms with Gasteiger partial charge in [0.05, 0.1) is 0 Å². The fourth-order valence-corrected chi connectivity index (χ4v) is 2.08. The van der Waals surface area contributed by atoms with E-state index in [-0.39, 0.29) is 0 Å². The van der Waals surface area contributed by atoms with Gasteiger partial charge in [0.1, 0.15) is 0 Å². The molecule has 0 spiro atoms. The molecule has 0 amide bonds. The average molecular weight is 241 g/mol. The standard InChI is InChI=1S/C17H26B/c1-10(2)12(5)13(6)14(7)15(8)17(11(3)4)16(9)18/h3H2,1-2,4-9H3/b14-13+,17-15+. The van der Waals surface area contributed by atoms with Crippen LogP contribution in [0.3, 0.4) is 0 Å². The Labute approximate surface area is 114 Å². The molecular weight excluding hydrogens is 215 g/mol. The maximum absolute atomic E-state index is 5.98. The van der Waals surface area contributed by atoms with E-state index in [2.05, 4.69) is 48.1 Å². The Kier molecular flexibility index (Phi) is 6.31. The second-order valence-corrected chi connectivity index (χ2v) is 5.34. The van der Waals surface area contributed by atoms with Gasteiger partial charge in [-0.2, -0.15) is 0 Å². The zero-order chi connectivity index (χ0) is 14.6. The summed E-state index contributed by atoms with van der Waals surface area (Å²) >= 11 is 0. The van der Waals surface area contributed by atoms with Crippen molar-refractivity contribution >= 4 is 13.0 Å². The molecule has 0 aromatic rings. The first-order valence-corrected chi connectivity index (χ1v) is 6.39. The minimum absolute atomic E-state index is 0.835. The van der Waals surface area contributed by atoms with Crippen LogP contribution < -0.4 is 0 Å². The van der Waals surface area contributed by atoms with Gasteiger partial charge in [-0.1, -0.05) is 0 Å². The molecule has 1 radical (unpaired) electrons. The Bertz CT molecular complexity index is 448. The fourth-order valence-electron chi connectivity index (χ4n) is 2.08. The van der Waals surface area contributed by atoms with Gasteiger partial charge in [-0.15, -0.1) is 0 Å². The van der Waals surface area contributed by atoms with Crippen molar-refractivity contribution < 1.29 is 0 Å². The van der Waals surface area contributed by atoms with E-state index in [1.165, 1.54) is 27.9 Å². The van der Waals surface area contributed by atoms with Crippen molar-refractivity contribution in [3.05, 3.63) is 45.6 Å². The molecule has 0 aliphatic heterocycles. The summed E-state index contributed by atoms with van der Waals surface area (Å²) in [6, 6.07) is 0. The van der Waals surface area contributed by atoms with E-state index in [0.717, 1.165) is 16.6 Å². The SMILES string of the molecule is [B]=C(C)/C(C(=C)C)=C(C)/C(C)=C(\C)C(C)=C(C)C. The molecular formula is C17H26B. The molecule has 0 nitrogen and oxygen atoms in total. The van der Waals surface area contributed by atoms with Crippen LogP contribution in [0.1, 0.15) is 55.4 Å². The Morgan fingerprint density at radius 1 is 0.667 bits per heavy atom. The van der Waals surface area contributed by atoms with Gasteiger partial charge in [-0.3, -0.25) is 0 Å². The van der Waals surface area contributed by atoms with Crippen molar-refractivity contribution in [2.75, 3.05) is 0 Å². The molecule has 0 atom stereocenters. The van der Waals surface area contributed by atoms with Crippen molar-refractivity contribution in [2.45, 2.75) is 55.4 Å². The van der Waals surface area contributed by atoms with E-state index < -0.39 is 0 Å². The van der Waals surface area contributed by atoms with Crippen molar-refractivity contribution in [1.82, 2.24) is 0 Å². The third-order valence-corrected chi connectivity index (χ3v) is 3.63. The van der Waals surface area contributed by atoms with Gasteiger partial charge >= 0.3 is 114 Å². The van der Waals surface area contributed by atoms with Gasteiger partial charge in [0.15, 0.2) is 0 Å². The normalized spacial score (nSPS) is 13.5. The summed E-state index contributed by atoms with van der Waals surface area (Å²) in [5.74, 6) is 0. The first kappa shape index (κ1) is 16.9. The molecule has 0 aliphatic carbocycles. The Morgan fingerprint density at radius 2 is 1.06 bits per heavy atom. The summed E-state index contributed by atoms with van der Waals surface area (Å²) in [6.07, 6.45) is 0. The van der Waals surface area contributed by atoms with E-state index >= 15 is 0 Å². The molecule has 0 aromatic carbocycles. The molecule has 0 unspecified atom stereocenters. The molecule has 0 aromatic heterocycles. The molecule has 0 heterocycles. The molecule has 0 rings (SSSR count). The topological polar surface area (TPSA) is 0 Å². The van der Waals surface area contributed by atoms with E-state index in [4.69, 9.17) is 7.49 Å². The van der Waals surface area contributed by atoms with E-state index in [1.807, 2.05) is 13.8 Å². The van der Waals surface area contributed by atoms with E-state index in [9.17, 15) is 0 Å². The monoisotopic (exact) mass is 241 g/mol. The van der Waals surface area contributed by atoms with Crippen LogP contribution in [-0.2, 0) is 0 Å². The number of allylic oxidation sites excluding steroid dienone is 7. The number of hydrogen-bond donors (Lipinski definition) is 0. The van der Waals surface area contributed by atoms with Crippen LogP contribution in [0.15, 0.2) is 45.6 Å². The minimum atomic E-state index is 0.835. The van der Waals surface area contributed by atoms with Crippen molar-refractivity contribution in [3.63, 3.8) is 0 Å². The first-order valence-electron chi connectivity index (χ1n) is 6.39. The van der Waals surface area contributed by atoms with Crippen LogP contribution in [-0.4, -0.2) is 13.0 Å². The quantitative estimate of drug-likeness (QED) is 0.483. The molecule has 1 heteroatoms. The summed E-state index contributed by atoms with van der Waals surface area (Å²) < 4.78 is 0. The van der Waals surface area contributed by atoms with Crippen LogP contribution >= 0.6 is 0 Å². The van der Waals surface area contributed by atoms with Gasteiger partial charge in [0.2, 0.25) is 0 Å². The molecule has 0 N–H and O–H groups in total. The van der Waals surface area contributed by atoms with Crippen LogP contribution in [0.4, 0.5) is 0 Å². The molecule has 0 saturated carbocycles. The molecule has 18 heavy (non-hydrogen) atoms. The number of rotatable bonds is 4. The third-order valence-electron chi connectivity index (χ3n) is 3.63. The Hall–Kier alpha value is -1.11. The zero-order valence-electron chi connectivity index (χ0n) is 13.3. The van der Waals surface area contributed by atoms with Gasteiger partial charge < -0.3 is 0 Å². The Morgan fingerprint density at radius 3 is 1.33 bits per heavy atom. The maximum atomic E-state index is 5.98. The number of hydrogen-bond acceptors (Lipinski definition) is 0. The van der Waals surface area contributed by atoms with Crippen LogP contribution in [0.2, 0.25) is 0 Å². The average Bonchev–Trinajstić information content (AvgIpc) is 2.24. The summed E-state index contributed by atoms with van der Waals surface area (Å²) in [6.45, 7) is 20.9. The summed E-state index contributed by atoms with van der Waals surface area (Å²) in [5.41, 5.74) is 9.49. The van der Waals surface area contributed by atoms with Crippen molar-refractivity contribution in [1.29, 1.82) is 0 Å². The van der Waals surface area contributed by atoms with Gasteiger partial charge in [0, 0.05) is 0 Å². The van der Waals surface area contributed by atoms with Crippen molar-refractivity contribution in [3.8, 4) is 0 Å². The molecule has 0 fully saturated rings. The van der Waals surface area contributed by atoms with Gasteiger partial charge in [0.25, 0.3) is 0 Å². The second-order valence-electron chi connectivity index (χ2n) is 5.34.